The normalized spacial score (nSPS) is 13.2. The molecule has 27 heavy (non-hydrogen) atoms. The summed E-state index contributed by atoms with van der Waals surface area (Å²) in [6.45, 7) is 2.42. The van der Waals surface area contributed by atoms with Crippen LogP contribution in [-0.2, 0) is 12.8 Å². The largest absolute Gasteiger partial charge is 0.479 e. The molecule has 4 rings (SSSR count). The van der Waals surface area contributed by atoms with Gasteiger partial charge in [-0.1, -0.05) is 0 Å². The molecular weight excluding hydrogens is 349 g/mol. The second-order valence-electron chi connectivity index (χ2n) is 6.34. The van der Waals surface area contributed by atoms with Crippen molar-refractivity contribution in [1.29, 1.82) is 0 Å². The van der Waals surface area contributed by atoms with Gasteiger partial charge in [-0.05, 0) is 30.7 Å². The summed E-state index contributed by atoms with van der Waals surface area (Å²) in [6, 6.07) is 5.13. The number of nitrogens with zero attached hydrogens (tertiary/aromatic N) is 4. The Morgan fingerprint density at radius 2 is 2.19 bits per heavy atom. The molecule has 1 aliphatic heterocycles. The van der Waals surface area contributed by atoms with Crippen molar-refractivity contribution in [2.75, 3.05) is 13.7 Å². The Bertz CT molecular complexity index is 1030. The lowest BCUT2D eigenvalue weighted by Crippen LogP contribution is -2.32. The summed E-state index contributed by atoms with van der Waals surface area (Å²) in [5.74, 6) is -0.625. The lowest BCUT2D eigenvalue weighted by Gasteiger charge is -2.15. The summed E-state index contributed by atoms with van der Waals surface area (Å²) in [5.41, 5.74) is 4.49. The molecule has 0 radical (unpaired) electrons. The van der Waals surface area contributed by atoms with E-state index in [4.69, 9.17) is 4.74 Å². The maximum absolute atomic E-state index is 13.9. The van der Waals surface area contributed by atoms with E-state index in [1.807, 2.05) is 19.1 Å². The van der Waals surface area contributed by atoms with Gasteiger partial charge in [0.05, 0.1) is 29.7 Å². The number of carbonyl (C=O) groups is 1. The molecule has 0 bridgehead atoms. The summed E-state index contributed by atoms with van der Waals surface area (Å²) >= 11 is 0. The van der Waals surface area contributed by atoms with Gasteiger partial charge in [0, 0.05) is 37.5 Å². The van der Waals surface area contributed by atoms with Crippen molar-refractivity contribution in [1.82, 2.24) is 25.1 Å². The van der Waals surface area contributed by atoms with Gasteiger partial charge in [0.25, 0.3) is 5.91 Å². The zero-order chi connectivity index (χ0) is 19.0. The number of ether oxygens (including phenoxy) is 1. The first-order chi connectivity index (χ1) is 13.1. The van der Waals surface area contributed by atoms with Crippen LogP contribution in [0.15, 0.2) is 30.6 Å². The van der Waals surface area contributed by atoms with E-state index in [0.29, 0.717) is 36.2 Å². The van der Waals surface area contributed by atoms with Crippen LogP contribution < -0.4 is 10.1 Å². The smallest absolute Gasteiger partial charge is 0.255 e. The molecule has 0 unspecified atom stereocenters. The number of hydrogen-bond acceptors (Lipinski definition) is 5. The van der Waals surface area contributed by atoms with Crippen LogP contribution in [0.25, 0.3) is 5.69 Å². The Morgan fingerprint density at radius 1 is 1.33 bits per heavy atom. The second-order valence-corrected chi connectivity index (χ2v) is 6.34. The zero-order valence-corrected chi connectivity index (χ0v) is 15.0. The highest BCUT2D eigenvalue weighted by Crippen LogP contribution is 2.22. The van der Waals surface area contributed by atoms with Crippen molar-refractivity contribution >= 4 is 5.91 Å². The lowest BCUT2D eigenvalue weighted by molar-refractivity contribution is 0.0945. The molecule has 0 spiro atoms. The molecule has 0 atom stereocenters. The van der Waals surface area contributed by atoms with Crippen LogP contribution in [0.2, 0.25) is 0 Å². The van der Waals surface area contributed by atoms with E-state index < -0.39 is 5.82 Å². The van der Waals surface area contributed by atoms with Crippen LogP contribution in [0, 0.1) is 12.7 Å². The van der Waals surface area contributed by atoms with Crippen molar-refractivity contribution < 1.29 is 13.9 Å². The van der Waals surface area contributed by atoms with E-state index in [0.717, 1.165) is 17.1 Å². The minimum absolute atomic E-state index is 0.0302. The third-order valence-corrected chi connectivity index (χ3v) is 4.52. The summed E-state index contributed by atoms with van der Waals surface area (Å²) < 4.78 is 20.5. The number of methoxy groups -OCH3 is 1. The molecule has 1 N–H and O–H groups in total. The van der Waals surface area contributed by atoms with Crippen molar-refractivity contribution in [3.63, 3.8) is 0 Å². The molecule has 3 aromatic heterocycles. The average molecular weight is 367 g/mol. The Kier molecular flexibility index (Phi) is 4.31. The molecule has 0 aliphatic carbocycles. The molecule has 0 saturated heterocycles. The number of hydrogen-bond donors (Lipinski definition) is 1. The molecule has 1 aliphatic rings. The molecule has 0 fully saturated rings. The zero-order valence-electron chi connectivity index (χ0n) is 15.0. The van der Waals surface area contributed by atoms with Crippen LogP contribution in [0.5, 0.6) is 5.88 Å². The van der Waals surface area contributed by atoms with Gasteiger partial charge >= 0.3 is 0 Å². The fraction of sp³-hybridized carbons (Fsp3) is 0.263. The van der Waals surface area contributed by atoms with Crippen molar-refractivity contribution in [3.8, 4) is 11.6 Å². The Labute approximate surface area is 155 Å². The molecular formula is C19H18FN5O2. The number of nitrogens with one attached hydrogen (secondary N) is 1. The van der Waals surface area contributed by atoms with E-state index >= 15 is 0 Å². The number of aryl methyl sites for hydroxylation is 1. The van der Waals surface area contributed by atoms with E-state index in [9.17, 15) is 9.18 Å². The number of fused-ring (bicyclic) bond motifs is 1. The van der Waals surface area contributed by atoms with Crippen molar-refractivity contribution in [2.45, 2.75) is 19.8 Å². The fourth-order valence-electron chi connectivity index (χ4n) is 3.31. The maximum atomic E-state index is 13.9. The highest BCUT2D eigenvalue weighted by atomic mass is 19.1. The van der Waals surface area contributed by atoms with E-state index in [1.54, 1.807) is 17.1 Å². The van der Waals surface area contributed by atoms with Crippen LogP contribution in [-0.4, -0.2) is 39.3 Å². The summed E-state index contributed by atoms with van der Waals surface area (Å²) in [5, 5.41) is 7.38. The third kappa shape index (κ3) is 3.14. The Balaban J connectivity index is 1.67. The van der Waals surface area contributed by atoms with Gasteiger partial charge in [-0.2, -0.15) is 5.10 Å². The van der Waals surface area contributed by atoms with E-state index in [-0.39, 0.29) is 11.8 Å². The van der Waals surface area contributed by atoms with Gasteiger partial charge < -0.3 is 10.1 Å². The minimum atomic E-state index is -0.506. The number of aromatic nitrogens is 4. The first kappa shape index (κ1) is 17.1. The number of pyridine rings is 2. The predicted octanol–water partition coefficient (Wildman–Crippen LogP) is 2.00. The first-order valence-corrected chi connectivity index (χ1v) is 8.57. The van der Waals surface area contributed by atoms with Gasteiger partial charge in [0.2, 0.25) is 5.88 Å². The lowest BCUT2D eigenvalue weighted by atomic mass is 10.1. The minimum Gasteiger partial charge on any atom is -0.479 e. The number of halogens is 1. The molecule has 7 nitrogen and oxygen atoms in total. The Morgan fingerprint density at radius 3 is 2.96 bits per heavy atom. The van der Waals surface area contributed by atoms with Crippen LogP contribution >= 0.6 is 0 Å². The van der Waals surface area contributed by atoms with Gasteiger partial charge in [0.1, 0.15) is 0 Å². The highest BCUT2D eigenvalue weighted by molar-refractivity contribution is 5.97. The van der Waals surface area contributed by atoms with Crippen molar-refractivity contribution in [3.05, 3.63) is 64.6 Å². The van der Waals surface area contributed by atoms with Crippen LogP contribution in [0.4, 0.5) is 4.39 Å². The van der Waals surface area contributed by atoms with Crippen LogP contribution in [0.1, 0.15) is 33.0 Å². The third-order valence-electron chi connectivity index (χ3n) is 4.52. The van der Waals surface area contributed by atoms with Crippen molar-refractivity contribution in [2.24, 2.45) is 0 Å². The molecule has 0 aromatic carbocycles. The highest BCUT2D eigenvalue weighted by Gasteiger charge is 2.25. The summed E-state index contributed by atoms with van der Waals surface area (Å²) in [7, 11) is 1.38. The van der Waals surface area contributed by atoms with E-state index in [2.05, 4.69) is 20.4 Å². The quantitative estimate of drug-likeness (QED) is 0.763. The average Bonchev–Trinajstić information content (AvgIpc) is 3.00. The molecule has 4 heterocycles. The fourth-order valence-corrected chi connectivity index (χ4v) is 3.31. The standard InChI is InChI=1S/C19H18FN5O2/c1-11-17-16(4-6-22-18(17)26)25(24-11)14-3-5-21-13(9-14)7-12-8-15(20)19(27-2)23-10-12/h3,5,8-10H,4,6-7H2,1-2H3,(H,22,26). The number of rotatable bonds is 4. The molecule has 138 valence electrons. The molecule has 0 saturated carbocycles. The van der Waals surface area contributed by atoms with Gasteiger partial charge in [-0.15, -0.1) is 0 Å². The second kappa shape index (κ2) is 6.79. The number of amides is 1. The SMILES string of the molecule is COc1ncc(Cc2cc(-n3nc(C)c4c3CCNC4=O)ccn2)cc1F. The molecule has 8 heteroatoms. The summed E-state index contributed by atoms with van der Waals surface area (Å²) in [4.78, 5) is 20.4. The monoisotopic (exact) mass is 367 g/mol. The molecule has 1 amide bonds. The maximum Gasteiger partial charge on any atom is 0.255 e. The van der Waals surface area contributed by atoms with E-state index in [1.165, 1.54) is 13.2 Å². The van der Waals surface area contributed by atoms with Gasteiger partial charge in [0.15, 0.2) is 5.82 Å². The van der Waals surface area contributed by atoms with Crippen LogP contribution in [0.3, 0.4) is 0 Å². The van der Waals surface area contributed by atoms with Gasteiger partial charge in [-0.3, -0.25) is 9.78 Å². The predicted molar refractivity (Wildman–Crippen MR) is 95.7 cm³/mol. The Hall–Kier alpha value is -3.29. The van der Waals surface area contributed by atoms with Gasteiger partial charge in [-0.25, -0.2) is 14.1 Å². The summed E-state index contributed by atoms with van der Waals surface area (Å²) in [6.07, 6.45) is 4.39. The molecule has 3 aromatic rings. The topological polar surface area (TPSA) is 81.9 Å². The first-order valence-electron chi connectivity index (χ1n) is 8.57. The number of carbonyl (C=O) groups excluding carboxylic acids is 1.